The number of ether oxygens (including phenoxy) is 1. The van der Waals surface area contributed by atoms with Crippen LogP contribution in [0, 0.1) is 12.8 Å². The predicted molar refractivity (Wildman–Crippen MR) is 87.1 cm³/mol. The molecule has 0 aromatic carbocycles. The molecule has 6 heteroatoms. The number of methoxy groups -OCH3 is 1. The molecule has 0 aliphatic heterocycles. The van der Waals surface area contributed by atoms with Gasteiger partial charge in [0.25, 0.3) is 0 Å². The van der Waals surface area contributed by atoms with Crippen LogP contribution in [0.2, 0.25) is 0 Å². The maximum absolute atomic E-state index is 10.3. The largest absolute Gasteiger partial charge is 0.496 e. The average molecular weight is 316 g/mol. The van der Waals surface area contributed by atoms with Crippen molar-refractivity contribution in [2.75, 3.05) is 7.11 Å². The van der Waals surface area contributed by atoms with Crippen molar-refractivity contribution in [3.63, 3.8) is 0 Å². The van der Waals surface area contributed by atoms with Crippen LogP contribution in [0.15, 0.2) is 31.0 Å². The minimum absolute atomic E-state index is 0.106. The maximum atomic E-state index is 10.3. The molecule has 2 N–H and O–H groups in total. The van der Waals surface area contributed by atoms with E-state index in [4.69, 9.17) is 4.74 Å². The highest BCUT2D eigenvalue weighted by Crippen LogP contribution is 2.28. The molecule has 124 valence electrons. The van der Waals surface area contributed by atoms with E-state index in [1.54, 1.807) is 13.3 Å². The van der Waals surface area contributed by atoms with Gasteiger partial charge in [-0.15, -0.1) is 0 Å². The van der Waals surface area contributed by atoms with Gasteiger partial charge in [0.1, 0.15) is 5.75 Å². The standard InChI is InChI=1S/C17H24N4O2/c1-12-5-17(23-2)14(8-19-12)9-20-15-6-13(7-16(15)22)10-21-4-3-18-11-21/h3-5,8,11,13,15-16,20,22H,6-7,9-10H2,1-2H3/t13?,15-,16-/m1/s1. The van der Waals surface area contributed by atoms with Crippen molar-refractivity contribution in [1.29, 1.82) is 0 Å². The average Bonchev–Trinajstić information content (AvgIpc) is 3.16. The molecular weight excluding hydrogens is 292 g/mol. The maximum Gasteiger partial charge on any atom is 0.126 e. The molecule has 1 aliphatic rings. The summed E-state index contributed by atoms with van der Waals surface area (Å²) in [7, 11) is 1.67. The highest BCUT2D eigenvalue weighted by atomic mass is 16.5. The summed E-state index contributed by atoms with van der Waals surface area (Å²) in [4.78, 5) is 8.39. The van der Waals surface area contributed by atoms with E-state index in [9.17, 15) is 5.11 Å². The number of aliphatic hydroxyl groups excluding tert-OH is 1. The minimum atomic E-state index is -0.312. The van der Waals surface area contributed by atoms with Gasteiger partial charge in [-0.1, -0.05) is 0 Å². The Kier molecular flexibility index (Phi) is 4.93. The number of hydrogen-bond donors (Lipinski definition) is 2. The van der Waals surface area contributed by atoms with Crippen LogP contribution in [0.5, 0.6) is 5.75 Å². The van der Waals surface area contributed by atoms with Crippen LogP contribution in [0.1, 0.15) is 24.1 Å². The zero-order valence-corrected chi connectivity index (χ0v) is 13.6. The number of aliphatic hydroxyl groups is 1. The molecule has 3 atom stereocenters. The normalized spacial score (nSPS) is 24.0. The van der Waals surface area contributed by atoms with E-state index in [0.717, 1.165) is 36.4 Å². The molecule has 23 heavy (non-hydrogen) atoms. The Morgan fingerprint density at radius 1 is 1.43 bits per heavy atom. The van der Waals surface area contributed by atoms with Gasteiger partial charge in [-0.2, -0.15) is 0 Å². The molecule has 1 unspecified atom stereocenters. The van der Waals surface area contributed by atoms with E-state index >= 15 is 0 Å². The van der Waals surface area contributed by atoms with E-state index in [2.05, 4.69) is 19.9 Å². The second-order valence-electron chi connectivity index (χ2n) is 6.29. The molecule has 0 amide bonds. The van der Waals surface area contributed by atoms with Crippen molar-refractivity contribution in [2.45, 2.75) is 45.0 Å². The predicted octanol–water partition coefficient (Wildman–Crippen LogP) is 1.52. The Balaban J connectivity index is 1.56. The number of aromatic nitrogens is 3. The lowest BCUT2D eigenvalue weighted by molar-refractivity contribution is 0.145. The van der Waals surface area contributed by atoms with Crippen LogP contribution in [-0.2, 0) is 13.1 Å². The molecule has 1 aliphatic carbocycles. The first-order valence-electron chi connectivity index (χ1n) is 8.02. The van der Waals surface area contributed by atoms with Gasteiger partial charge in [-0.05, 0) is 25.7 Å². The van der Waals surface area contributed by atoms with Crippen LogP contribution >= 0.6 is 0 Å². The molecule has 0 spiro atoms. The van der Waals surface area contributed by atoms with E-state index in [0.29, 0.717) is 12.5 Å². The van der Waals surface area contributed by atoms with Gasteiger partial charge in [0.15, 0.2) is 0 Å². The summed E-state index contributed by atoms with van der Waals surface area (Å²) < 4.78 is 7.48. The van der Waals surface area contributed by atoms with E-state index < -0.39 is 0 Å². The molecule has 3 rings (SSSR count). The fourth-order valence-corrected chi connectivity index (χ4v) is 3.31. The number of rotatable bonds is 6. The summed E-state index contributed by atoms with van der Waals surface area (Å²) >= 11 is 0. The SMILES string of the molecule is COc1cc(C)ncc1CN[C@@H]1CC(Cn2ccnc2)C[C@H]1O. The topological polar surface area (TPSA) is 72.2 Å². The first kappa shape index (κ1) is 16.0. The summed E-state index contributed by atoms with van der Waals surface area (Å²) in [6.07, 6.45) is 8.89. The number of hydrogen-bond acceptors (Lipinski definition) is 5. The molecule has 2 aromatic heterocycles. The zero-order chi connectivity index (χ0) is 16.2. The second kappa shape index (κ2) is 7.10. The van der Waals surface area contributed by atoms with Gasteiger partial charge < -0.3 is 19.7 Å². The van der Waals surface area contributed by atoms with Crippen LogP contribution in [0.25, 0.3) is 0 Å². The Hall–Kier alpha value is -1.92. The Bertz CT molecular complexity index is 630. The molecule has 0 bridgehead atoms. The quantitative estimate of drug-likeness (QED) is 0.845. The van der Waals surface area contributed by atoms with E-state index in [1.165, 1.54) is 0 Å². The summed E-state index contributed by atoms with van der Waals surface area (Å²) in [5.41, 5.74) is 1.95. The summed E-state index contributed by atoms with van der Waals surface area (Å²) in [5.74, 6) is 1.31. The molecule has 0 saturated heterocycles. The fourth-order valence-electron chi connectivity index (χ4n) is 3.31. The van der Waals surface area contributed by atoms with Gasteiger partial charge in [-0.3, -0.25) is 4.98 Å². The molecule has 6 nitrogen and oxygen atoms in total. The van der Waals surface area contributed by atoms with Crippen LogP contribution in [-0.4, -0.2) is 38.9 Å². The van der Waals surface area contributed by atoms with Crippen LogP contribution in [0.4, 0.5) is 0 Å². The van der Waals surface area contributed by atoms with Crippen LogP contribution < -0.4 is 10.1 Å². The second-order valence-corrected chi connectivity index (χ2v) is 6.29. The Labute approximate surface area is 136 Å². The van der Waals surface area contributed by atoms with E-state index in [1.807, 2.05) is 31.7 Å². The van der Waals surface area contributed by atoms with Gasteiger partial charge in [0.2, 0.25) is 0 Å². The monoisotopic (exact) mass is 316 g/mol. The van der Waals surface area contributed by atoms with Crippen molar-refractivity contribution in [2.24, 2.45) is 5.92 Å². The molecule has 2 aromatic rings. The Morgan fingerprint density at radius 3 is 3.04 bits per heavy atom. The lowest BCUT2D eigenvalue weighted by Crippen LogP contribution is -2.35. The number of nitrogens with zero attached hydrogens (tertiary/aromatic N) is 3. The number of pyridine rings is 1. The molecular formula is C17H24N4O2. The van der Waals surface area contributed by atoms with E-state index in [-0.39, 0.29) is 12.1 Å². The summed E-state index contributed by atoms with van der Waals surface area (Å²) in [5, 5.41) is 13.8. The summed E-state index contributed by atoms with van der Waals surface area (Å²) in [6.45, 7) is 3.50. The van der Waals surface area contributed by atoms with Crippen molar-refractivity contribution in [1.82, 2.24) is 19.9 Å². The van der Waals surface area contributed by atoms with Gasteiger partial charge in [-0.25, -0.2) is 4.98 Å². The first-order valence-corrected chi connectivity index (χ1v) is 8.02. The third kappa shape index (κ3) is 3.89. The third-order valence-corrected chi connectivity index (χ3v) is 4.51. The van der Waals surface area contributed by atoms with Crippen LogP contribution in [0.3, 0.4) is 0 Å². The minimum Gasteiger partial charge on any atom is -0.496 e. The van der Waals surface area contributed by atoms with Gasteiger partial charge in [0.05, 0.1) is 19.5 Å². The smallest absolute Gasteiger partial charge is 0.126 e. The first-order chi connectivity index (χ1) is 11.2. The summed E-state index contributed by atoms with van der Waals surface area (Å²) in [6, 6.07) is 2.04. The third-order valence-electron chi connectivity index (χ3n) is 4.51. The lowest BCUT2D eigenvalue weighted by atomic mass is 10.1. The molecule has 1 fully saturated rings. The molecule has 2 heterocycles. The highest BCUT2D eigenvalue weighted by Gasteiger charge is 2.32. The van der Waals surface area contributed by atoms with Crippen molar-refractivity contribution in [3.8, 4) is 5.75 Å². The number of aryl methyl sites for hydroxylation is 1. The van der Waals surface area contributed by atoms with Crippen molar-refractivity contribution in [3.05, 3.63) is 42.2 Å². The number of nitrogens with one attached hydrogen (secondary N) is 1. The highest BCUT2D eigenvalue weighted by molar-refractivity contribution is 5.32. The van der Waals surface area contributed by atoms with Gasteiger partial charge in [0, 0.05) is 55.0 Å². The lowest BCUT2D eigenvalue weighted by Gasteiger charge is -2.17. The number of imidazole rings is 1. The molecule has 1 saturated carbocycles. The van der Waals surface area contributed by atoms with Crippen molar-refractivity contribution >= 4 is 0 Å². The van der Waals surface area contributed by atoms with Crippen molar-refractivity contribution < 1.29 is 9.84 Å². The zero-order valence-electron chi connectivity index (χ0n) is 13.6. The van der Waals surface area contributed by atoms with Gasteiger partial charge >= 0.3 is 0 Å². The fraction of sp³-hybridized carbons (Fsp3) is 0.529. The molecule has 0 radical (unpaired) electrons. The Morgan fingerprint density at radius 2 is 2.30 bits per heavy atom.